The number of aromatic hydroxyl groups is 1. The van der Waals surface area contributed by atoms with Crippen LogP contribution in [0.5, 0.6) is 5.75 Å². The Morgan fingerprint density at radius 3 is 2.79 bits per heavy atom. The van der Waals surface area contributed by atoms with Crippen molar-refractivity contribution in [2.24, 2.45) is 0 Å². The van der Waals surface area contributed by atoms with Gasteiger partial charge >= 0.3 is 0 Å². The van der Waals surface area contributed by atoms with Crippen LogP contribution in [-0.2, 0) is 6.54 Å². The molecule has 0 saturated carbocycles. The van der Waals surface area contributed by atoms with Crippen molar-refractivity contribution in [3.05, 3.63) is 45.4 Å². The second-order valence-electron chi connectivity index (χ2n) is 4.47. The average molecular weight is 276 g/mol. The lowest BCUT2D eigenvalue weighted by Crippen LogP contribution is -2.27. The number of hydrogen-bond acceptors (Lipinski definition) is 4. The van der Waals surface area contributed by atoms with Crippen LogP contribution in [0.2, 0.25) is 0 Å². The monoisotopic (exact) mass is 276 g/mol. The fraction of sp³-hybridized carbons (Fsp3) is 0.286. The van der Waals surface area contributed by atoms with Crippen LogP contribution in [-0.4, -0.2) is 27.9 Å². The Hall–Kier alpha value is -1.88. The smallest absolute Gasteiger partial charge is 0.254 e. The van der Waals surface area contributed by atoms with Gasteiger partial charge in [-0.3, -0.25) is 4.79 Å². The van der Waals surface area contributed by atoms with Gasteiger partial charge in [0.25, 0.3) is 5.91 Å². The zero-order valence-electron chi connectivity index (χ0n) is 11.2. The summed E-state index contributed by atoms with van der Waals surface area (Å²) < 4.78 is 0. The molecule has 0 spiro atoms. The normalized spacial score (nSPS) is 10.5. The first kappa shape index (κ1) is 13.5. The van der Waals surface area contributed by atoms with E-state index >= 15 is 0 Å². The molecule has 0 radical (unpaired) electrons. The number of aryl methyl sites for hydroxylation is 1. The van der Waals surface area contributed by atoms with Gasteiger partial charge in [0.15, 0.2) is 0 Å². The molecule has 1 heterocycles. The van der Waals surface area contributed by atoms with Crippen LogP contribution >= 0.6 is 11.3 Å². The van der Waals surface area contributed by atoms with Gasteiger partial charge in [-0.15, -0.1) is 11.3 Å². The van der Waals surface area contributed by atoms with Gasteiger partial charge in [0.2, 0.25) is 0 Å². The van der Waals surface area contributed by atoms with Crippen molar-refractivity contribution in [3.63, 3.8) is 0 Å². The molecule has 4 nitrogen and oxygen atoms in total. The van der Waals surface area contributed by atoms with Crippen LogP contribution in [0.3, 0.4) is 0 Å². The van der Waals surface area contributed by atoms with Crippen molar-refractivity contribution in [3.8, 4) is 5.75 Å². The predicted molar refractivity (Wildman–Crippen MR) is 75.5 cm³/mol. The molecular weight excluding hydrogens is 260 g/mol. The zero-order valence-corrected chi connectivity index (χ0v) is 12.0. The summed E-state index contributed by atoms with van der Waals surface area (Å²) in [4.78, 5) is 18.3. The molecule has 0 aliphatic rings. The van der Waals surface area contributed by atoms with Crippen LogP contribution in [0, 0.1) is 13.8 Å². The lowest BCUT2D eigenvalue weighted by atomic mass is 10.1. The summed E-state index contributed by atoms with van der Waals surface area (Å²) in [6, 6.07) is 4.98. The van der Waals surface area contributed by atoms with Crippen LogP contribution in [0.4, 0.5) is 0 Å². The fourth-order valence-corrected chi connectivity index (χ4v) is 2.46. The highest BCUT2D eigenvalue weighted by atomic mass is 32.1. The second-order valence-corrected chi connectivity index (χ2v) is 5.53. The summed E-state index contributed by atoms with van der Waals surface area (Å²) >= 11 is 1.57. The maximum absolute atomic E-state index is 12.3. The number of carbonyl (C=O) groups is 1. The van der Waals surface area contributed by atoms with E-state index in [1.165, 1.54) is 0 Å². The number of benzene rings is 1. The molecule has 0 bridgehead atoms. The summed E-state index contributed by atoms with van der Waals surface area (Å²) in [6.45, 7) is 4.15. The third kappa shape index (κ3) is 2.93. The second kappa shape index (κ2) is 5.40. The number of phenols is 1. The number of carbonyl (C=O) groups excluding carboxylic acids is 1. The molecule has 2 aromatic rings. The Morgan fingerprint density at radius 1 is 1.42 bits per heavy atom. The molecule has 0 aliphatic carbocycles. The summed E-state index contributed by atoms with van der Waals surface area (Å²) in [5.41, 5.74) is 2.01. The average Bonchev–Trinajstić information content (AvgIpc) is 2.77. The summed E-state index contributed by atoms with van der Waals surface area (Å²) in [7, 11) is 1.74. The van der Waals surface area contributed by atoms with E-state index in [0.717, 1.165) is 10.7 Å². The predicted octanol–water partition coefficient (Wildman–Crippen LogP) is 2.74. The van der Waals surface area contributed by atoms with Crippen molar-refractivity contribution in [1.29, 1.82) is 0 Å². The molecule has 0 saturated heterocycles. The van der Waals surface area contributed by atoms with Crippen molar-refractivity contribution in [1.82, 2.24) is 9.88 Å². The number of aromatic nitrogens is 1. The number of amides is 1. The third-order valence-corrected chi connectivity index (χ3v) is 3.77. The Bertz CT molecular complexity index is 607. The van der Waals surface area contributed by atoms with E-state index in [-0.39, 0.29) is 11.7 Å². The van der Waals surface area contributed by atoms with Gasteiger partial charge in [-0.1, -0.05) is 6.07 Å². The van der Waals surface area contributed by atoms with Gasteiger partial charge in [0.1, 0.15) is 5.75 Å². The first-order chi connectivity index (χ1) is 8.99. The Kier molecular flexibility index (Phi) is 3.85. The van der Waals surface area contributed by atoms with Gasteiger partial charge < -0.3 is 10.0 Å². The SMILES string of the molecule is Cc1nc(CN(C)C(=O)c2cccc(O)c2C)cs1. The maximum Gasteiger partial charge on any atom is 0.254 e. The minimum atomic E-state index is -0.112. The van der Waals surface area contributed by atoms with E-state index in [1.54, 1.807) is 48.4 Å². The zero-order chi connectivity index (χ0) is 14.0. The quantitative estimate of drug-likeness (QED) is 0.937. The molecule has 0 fully saturated rings. The summed E-state index contributed by atoms with van der Waals surface area (Å²) in [5.74, 6) is 0.0304. The topological polar surface area (TPSA) is 53.4 Å². The van der Waals surface area contributed by atoms with Crippen molar-refractivity contribution >= 4 is 17.2 Å². The van der Waals surface area contributed by atoms with Crippen molar-refractivity contribution in [2.45, 2.75) is 20.4 Å². The summed E-state index contributed by atoms with van der Waals surface area (Å²) in [5, 5.41) is 12.6. The van der Waals surface area contributed by atoms with E-state index in [1.807, 2.05) is 12.3 Å². The Balaban J connectivity index is 2.17. The van der Waals surface area contributed by atoms with Crippen molar-refractivity contribution < 1.29 is 9.90 Å². The minimum absolute atomic E-state index is 0.112. The van der Waals surface area contributed by atoms with Gasteiger partial charge in [0, 0.05) is 23.6 Å². The molecule has 100 valence electrons. The highest BCUT2D eigenvalue weighted by Gasteiger charge is 2.16. The van der Waals surface area contributed by atoms with Crippen molar-refractivity contribution in [2.75, 3.05) is 7.05 Å². The van der Waals surface area contributed by atoms with Crippen LogP contribution < -0.4 is 0 Å². The molecule has 1 aromatic carbocycles. The van der Waals surface area contributed by atoms with Gasteiger partial charge in [0.05, 0.1) is 17.2 Å². The van der Waals surface area contributed by atoms with Gasteiger partial charge in [-0.2, -0.15) is 0 Å². The molecule has 0 aliphatic heterocycles. The minimum Gasteiger partial charge on any atom is -0.508 e. The number of phenolic OH excluding ortho intramolecular Hbond substituents is 1. The lowest BCUT2D eigenvalue weighted by molar-refractivity contribution is 0.0782. The molecule has 1 amide bonds. The van der Waals surface area contributed by atoms with Crippen LogP contribution in [0.25, 0.3) is 0 Å². The molecule has 2 rings (SSSR count). The van der Waals surface area contributed by atoms with Gasteiger partial charge in [-0.05, 0) is 26.0 Å². The van der Waals surface area contributed by atoms with Crippen LogP contribution in [0.15, 0.2) is 23.6 Å². The summed E-state index contributed by atoms with van der Waals surface area (Å²) in [6.07, 6.45) is 0. The van der Waals surface area contributed by atoms with E-state index < -0.39 is 0 Å². The van der Waals surface area contributed by atoms with Gasteiger partial charge in [-0.25, -0.2) is 4.98 Å². The molecule has 19 heavy (non-hydrogen) atoms. The Morgan fingerprint density at radius 2 is 2.16 bits per heavy atom. The lowest BCUT2D eigenvalue weighted by Gasteiger charge is -2.17. The molecule has 0 unspecified atom stereocenters. The maximum atomic E-state index is 12.3. The van der Waals surface area contributed by atoms with E-state index in [4.69, 9.17) is 0 Å². The highest BCUT2D eigenvalue weighted by molar-refractivity contribution is 7.09. The Labute approximate surface area is 116 Å². The number of nitrogens with zero attached hydrogens (tertiary/aromatic N) is 2. The number of hydrogen-bond donors (Lipinski definition) is 1. The van der Waals surface area contributed by atoms with E-state index in [9.17, 15) is 9.90 Å². The first-order valence-electron chi connectivity index (χ1n) is 5.94. The number of rotatable bonds is 3. The standard InChI is InChI=1S/C14H16N2O2S/c1-9-12(5-4-6-13(9)17)14(18)16(3)7-11-8-19-10(2)15-11/h4-6,8,17H,7H2,1-3H3. The fourth-order valence-electron chi connectivity index (χ4n) is 1.86. The largest absolute Gasteiger partial charge is 0.508 e. The third-order valence-electron chi connectivity index (χ3n) is 2.95. The van der Waals surface area contributed by atoms with E-state index in [2.05, 4.69) is 4.98 Å². The molecule has 1 N–H and O–H groups in total. The molecular formula is C14H16N2O2S. The molecule has 5 heteroatoms. The molecule has 0 atom stereocenters. The highest BCUT2D eigenvalue weighted by Crippen LogP contribution is 2.21. The van der Waals surface area contributed by atoms with E-state index in [0.29, 0.717) is 17.7 Å². The first-order valence-corrected chi connectivity index (χ1v) is 6.82. The molecule has 1 aromatic heterocycles. The van der Waals surface area contributed by atoms with Crippen LogP contribution in [0.1, 0.15) is 26.6 Å². The number of thiazole rings is 1.